The topological polar surface area (TPSA) is 128 Å². The smallest absolute Gasteiger partial charge is 0.394 e. The Balaban J connectivity index is 1.96. The number of hydrogen-bond donors (Lipinski definition) is 4. The Bertz CT molecular complexity index is 644. The number of hydrogen-bond acceptors (Lipinski definition) is 6. The first-order chi connectivity index (χ1) is 12.1. The summed E-state index contributed by atoms with van der Waals surface area (Å²) in [5.41, 5.74) is 0. The van der Waals surface area contributed by atoms with Gasteiger partial charge in [0, 0.05) is 13.0 Å². The highest BCUT2D eigenvalue weighted by Crippen LogP contribution is 2.25. The van der Waals surface area contributed by atoms with Gasteiger partial charge in [-0.1, -0.05) is 11.8 Å². The van der Waals surface area contributed by atoms with Crippen molar-refractivity contribution < 1.29 is 42.5 Å². The molecule has 12 heteroatoms. The minimum atomic E-state index is -5.03. The minimum Gasteiger partial charge on any atom is -0.394 e. The number of amides is 4. The summed E-state index contributed by atoms with van der Waals surface area (Å²) in [6, 6.07) is -0.769. The van der Waals surface area contributed by atoms with Crippen LogP contribution in [0.25, 0.3) is 0 Å². The van der Waals surface area contributed by atoms with Crippen molar-refractivity contribution >= 4 is 17.8 Å². The highest BCUT2D eigenvalue weighted by molar-refractivity contribution is 5.99. The van der Waals surface area contributed by atoms with Crippen LogP contribution >= 0.6 is 0 Å². The molecule has 9 nitrogen and oxygen atoms in total. The molecule has 2 saturated heterocycles. The van der Waals surface area contributed by atoms with E-state index in [1.807, 2.05) is 5.32 Å². The summed E-state index contributed by atoms with van der Waals surface area (Å²) < 4.78 is 41.4. The molecule has 26 heavy (non-hydrogen) atoms. The Morgan fingerprint density at radius 2 is 2.12 bits per heavy atom. The number of aliphatic hydroxyl groups excluding tert-OH is 2. The lowest BCUT2D eigenvalue weighted by Gasteiger charge is -2.33. The van der Waals surface area contributed by atoms with Gasteiger partial charge in [0.05, 0.1) is 19.3 Å². The number of nitrogens with zero attached hydrogens (tertiary/aromatic N) is 1. The molecule has 4 unspecified atom stereocenters. The summed E-state index contributed by atoms with van der Waals surface area (Å²) in [5.74, 6) is 0.673. The second kappa shape index (κ2) is 7.90. The molecule has 2 fully saturated rings. The number of urea groups is 1. The molecule has 0 aliphatic carbocycles. The zero-order valence-corrected chi connectivity index (χ0v) is 13.2. The predicted molar refractivity (Wildman–Crippen MR) is 76.9 cm³/mol. The Kier molecular flexibility index (Phi) is 6.06. The molecule has 0 aromatic heterocycles. The van der Waals surface area contributed by atoms with Crippen molar-refractivity contribution in [1.29, 1.82) is 0 Å². The van der Waals surface area contributed by atoms with E-state index in [1.165, 1.54) is 5.32 Å². The van der Waals surface area contributed by atoms with E-state index in [4.69, 9.17) is 9.84 Å². The number of carbonyl (C=O) groups is 3. The fourth-order valence-corrected chi connectivity index (χ4v) is 2.46. The normalized spacial score (nSPS) is 29.0. The highest BCUT2D eigenvalue weighted by Gasteiger charge is 2.42. The third-order valence-corrected chi connectivity index (χ3v) is 3.79. The fraction of sp³-hybridized carbons (Fsp3) is 0.643. The highest BCUT2D eigenvalue weighted by atomic mass is 19.4. The SMILES string of the molecule is O=C1NC(=O)N(C2CC(O)C(CO)O2)CC1C#CCNC(=O)C(F)(F)F. The third-order valence-electron chi connectivity index (χ3n) is 3.79. The molecule has 2 aliphatic rings. The van der Waals surface area contributed by atoms with Gasteiger partial charge < -0.3 is 20.3 Å². The summed E-state index contributed by atoms with van der Waals surface area (Å²) in [7, 11) is 0. The van der Waals surface area contributed by atoms with Crippen molar-refractivity contribution in [3.05, 3.63) is 0 Å². The largest absolute Gasteiger partial charge is 0.471 e. The molecule has 4 N–H and O–H groups in total. The number of nitrogens with one attached hydrogen (secondary N) is 2. The van der Waals surface area contributed by atoms with E-state index in [0.717, 1.165) is 4.90 Å². The van der Waals surface area contributed by atoms with Gasteiger partial charge in [-0.3, -0.25) is 19.8 Å². The van der Waals surface area contributed by atoms with E-state index < -0.39 is 61.5 Å². The molecule has 144 valence electrons. The second-order valence-electron chi connectivity index (χ2n) is 5.62. The van der Waals surface area contributed by atoms with Crippen LogP contribution < -0.4 is 10.6 Å². The molecule has 0 spiro atoms. The number of halogens is 3. The summed E-state index contributed by atoms with van der Waals surface area (Å²) in [6.07, 6.45) is -7.75. The summed E-state index contributed by atoms with van der Waals surface area (Å²) in [4.78, 5) is 35.4. The molecule has 2 heterocycles. The Hall–Kier alpha value is -2.36. The third kappa shape index (κ3) is 4.63. The number of imide groups is 1. The fourth-order valence-electron chi connectivity index (χ4n) is 2.46. The Morgan fingerprint density at radius 1 is 1.42 bits per heavy atom. The lowest BCUT2D eigenvalue weighted by Crippen LogP contribution is -2.57. The van der Waals surface area contributed by atoms with E-state index in [-0.39, 0.29) is 13.0 Å². The number of alkyl halides is 3. The molecular weight excluding hydrogens is 363 g/mol. The average Bonchev–Trinajstić information content (AvgIpc) is 2.92. The molecule has 2 rings (SSSR count). The molecular formula is C14H16F3N3O6. The summed E-state index contributed by atoms with van der Waals surface area (Å²) in [5, 5.41) is 22.3. The second-order valence-corrected chi connectivity index (χ2v) is 5.62. The Labute approximate surface area is 145 Å². The van der Waals surface area contributed by atoms with Crippen molar-refractivity contribution in [1.82, 2.24) is 15.5 Å². The van der Waals surface area contributed by atoms with Crippen LogP contribution in [0.5, 0.6) is 0 Å². The number of ether oxygens (including phenoxy) is 1. The molecule has 4 amide bonds. The van der Waals surface area contributed by atoms with Crippen LogP contribution in [0.1, 0.15) is 6.42 Å². The number of carbonyl (C=O) groups excluding carboxylic acids is 3. The molecule has 0 aromatic carbocycles. The Morgan fingerprint density at radius 3 is 2.69 bits per heavy atom. The van der Waals surface area contributed by atoms with Crippen LogP contribution in [0.15, 0.2) is 0 Å². The summed E-state index contributed by atoms with van der Waals surface area (Å²) in [6.45, 7) is -1.28. The monoisotopic (exact) mass is 379 g/mol. The molecule has 2 aliphatic heterocycles. The maximum absolute atomic E-state index is 12.0. The first kappa shape index (κ1) is 20.0. The number of rotatable bonds is 3. The van der Waals surface area contributed by atoms with Gasteiger partial charge in [0.15, 0.2) is 0 Å². The zero-order valence-electron chi connectivity index (χ0n) is 13.2. The van der Waals surface area contributed by atoms with Gasteiger partial charge in [-0.15, -0.1) is 0 Å². The van der Waals surface area contributed by atoms with E-state index >= 15 is 0 Å². The van der Waals surface area contributed by atoms with Crippen LogP contribution in [0.3, 0.4) is 0 Å². The van der Waals surface area contributed by atoms with Gasteiger partial charge in [0.2, 0.25) is 5.91 Å². The first-order valence-corrected chi connectivity index (χ1v) is 7.52. The maximum Gasteiger partial charge on any atom is 0.471 e. The van der Waals surface area contributed by atoms with E-state index in [9.17, 15) is 32.7 Å². The molecule has 4 atom stereocenters. The van der Waals surface area contributed by atoms with Gasteiger partial charge in [0.25, 0.3) is 0 Å². The standard InChI is InChI=1S/C14H16F3N3O6/c15-14(16,17)12(24)18-3-1-2-7-5-20(13(25)19-11(7)23)10-4-8(22)9(6-21)26-10/h7-10,21-22H,3-6H2,(H,18,24)(H,19,23,25). The van der Waals surface area contributed by atoms with Gasteiger partial charge in [0.1, 0.15) is 18.2 Å². The minimum absolute atomic E-state index is 0.0224. The van der Waals surface area contributed by atoms with E-state index in [1.54, 1.807) is 0 Å². The van der Waals surface area contributed by atoms with Gasteiger partial charge in [-0.05, 0) is 0 Å². The lowest BCUT2D eigenvalue weighted by atomic mass is 10.1. The van der Waals surface area contributed by atoms with Crippen molar-refractivity contribution in [3.63, 3.8) is 0 Å². The molecule has 0 bridgehead atoms. The average molecular weight is 379 g/mol. The van der Waals surface area contributed by atoms with Crippen LogP contribution in [-0.4, -0.2) is 77.3 Å². The number of aliphatic hydroxyl groups is 2. The zero-order chi connectivity index (χ0) is 19.5. The predicted octanol–water partition coefficient (Wildman–Crippen LogP) is -1.70. The van der Waals surface area contributed by atoms with Gasteiger partial charge in [-0.2, -0.15) is 13.2 Å². The van der Waals surface area contributed by atoms with E-state index in [0.29, 0.717) is 0 Å². The first-order valence-electron chi connectivity index (χ1n) is 7.52. The summed E-state index contributed by atoms with van der Waals surface area (Å²) >= 11 is 0. The van der Waals surface area contributed by atoms with Crippen molar-refractivity contribution in [2.24, 2.45) is 5.92 Å². The van der Waals surface area contributed by atoms with Gasteiger partial charge >= 0.3 is 18.1 Å². The van der Waals surface area contributed by atoms with Crippen molar-refractivity contribution in [3.8, 4) is 11.8 Å². The maximum atomic E-state index is 12.0. The van der Waals surface area contributed by atoms with Crippen LogP contribution in [0.2, 0.25) is 0 Å². The van der Waals surface area contributed by atoms with Gasteiger partial charge in [-0.25, -0.2) is 4.79 Å². The van der Waals surface area contributed by atoms with Crippen LogP contribution in [0, 0.1) is 17.8 Å². The van der Waals surface area contributed by atoms with Crippen LogP contribution in [-0.2, 0) is 14.3 Å². The molecule has 0 radical (unpaired) electrons. The molecule has 0 aromatic rings. The van der Waals surface area contributed by atoms with Crippen LogP contribution in [0.4, 0.5) is 18.0 Å². The van der Waals surface area contributed by atoms with E-state index in [2.05, 4.69) is 11.8 Å². The van der Waals surface area contributed by atoms with Crippen molar-refractivity contribution in [2.75, 3.05) is 19.7 Å². The lowest BCUT2D eigenvalue weighted by molar-refractivity contribution is -0.173. The van der Waals surface area contributed by atoms with Crippen molar-refractivity contribution in [2.45, 2.75) is 31.0 Å². The quantitative estimate of drug-likeness (QED) is 0.433. The molecule has 0 saturated carbocycles.